The van der Waals surface area contributed by atoms with Crippen molar-refractivity contribution in [3.8, 4) is 5.75 Å². The summed E-state index contributed by atoms with van der Waals surface area (Å²) in [6.07, 6.45) is 6.73. The molecule has 0 fully saturated rings. The van der Waals surface area contributed by atoms with Crippen molar-refractivity contribution >= 4 is 0 Å². The van der Waals surface area contributed by atoms with Crippen LogP contribution in [0.15, 0.2) is 42.0 Å². The number of hydrogen-bond donors (Lipinski definition) is 1. The van der Waals surface area contributed by atoms with Crippen LogP contribution in [0, 0.1) is 5.92 Å². The maximum absolute atomic E-state index is 10.4. The molecular weight excluding hydrogens is 244 g/mol. The van der Waals surface area contributed by atoms with Crippen molar-refractivity contribution in [1.82, 2.24) is 0 Å². The zero-order chi connectivity index (χ0) is 14.7. The van der Waals surface area contributed by atoms with Crippen molar-refractivity contribution in [3.05, 3.63) is 53.1 Å². The van der Waals surface area contributed by atoms with E-state index in [9.17, 15) is 5.11 Å². The predicted molar refractivity (Wildman–Crippen MR) is 86.1 cm³/mol. The van der Waals surface area contributed by atoms with Gasteiger partial charge in [-0.2, -0.15) is 0 Å². The zero-order valence-electron chi connectivity index (χ0n) is 12.9. The van der Waals surface area contributed by atoms with Gasteiger partial charge in [-0.1, -0.05) is 49.3 Å². The Balaban J connectivity index is 2.37. The summed E-state index contributed by atoms with van der Waals surface area (Å²) in [6, 6.07) is 6.20. The Labute approximate surface area is 123 Å². The van der Waals surface area contributed by atoms with Crippen LogP contribution in [0.5, 0.6) is 5.75 Å². The third-order valence-electron chi connectivity index (χ3n) is 4.37. The normalized spacial score (nSPS) is 22.4. The molecule has 0 aromatic heterocycles. The highest BCUT2D eigenvalue weighted by Crippen LogP contribution is 2.42. The van der Waals surface area contributed by atoms with Gasteiger partial charge >= 0.3 is 0 Å². The second-order valence-corrected chi connectivity index (χ2v) is 6.17. The molecule has 1 heteroatoms. The van der Waals surface area contributed by atoms with E-state index in [1.807, 2.05) is 6.07 Å². The van der Waals surface area contributed by atoms with Crippen LogP contribution in [0.3, 0.4) is 0 Å². The average molecular weight is 270 g/mol. The van der Waals surface area contributed by atoms with E-state index in [1.165, 1.54) is 16.7 Å². The Morgan fingerprint density at radius 3 is 2.75 bits per heavy atom. The Morgan fingerprint density at radius 2 is 2.15 bits per heavy atom. The highest BCUT2D eigenvalue weighted by molar-refractivity contribution is 5.43. The van der Waals surface area contributed by atoms with Gasteiger partial charge in [0.15, 0.2) is 0 Å². The number of phenolic OH excluding ortho intramolecular Hbond substituents is 1. The summed E-state index contributed by atoms with van der Waals surface area (Å²) >= 11 is 0. The van der Waals surface area contributed by atoms with E-state index in [2.05, 4.69) is 45.6 Å². The number of hydrogen-bond acceptors (Lipinski definition) is 1. The number of benzene rings is 1. The van der Waals surface area contributed by atoms with Gasteiger partial charge in [-0.15, -0.1) is 0 Å². The van der Waals surface area contributed by atoms with Crippen molar-refractivity contribution in [2.75, 3.05) is 0 Å². The fourth-order valence-corrected chi connectivity index (χ4v) is 3.24. The third-order valence-corrected chi connectivity index (χ3v) is 4.37. The van der Waals surface area contributed by atoms with Crippen LogP contribution in [0.25, 0.3) is 0 Å². The second kappa shape index (κ2) is 6.30. The molecule has 1 aliphatic carbocycles. The van der Waals surface area contributed by atoms with Crippen molar-refractivity contribution < 1.29 is 5.11 Å². The quantitative estimate of drug-likeness (QED) is 0.730. The molecule has 20 heavy (non-hydrogen) atoms. The molecule has 1 aliphatic rings. The molecule has 1 N–H and O–H groups in total. The largest absolute Gasteiger partial charge is 0.508 e. The average Bonchev–Trinajstić information content (AvgIpc) is 2.38. The number of phenols is 1. The van der Waals surface area contributed by atoms with E-state index in [4.69, 9.17) is 0 Å². The molecule has 0 aliphatic heterocycles. The number of aryl methyl sites for hydroxylation is 1. The van der Waals surface area contributed by atoms with E-state index in [1.54, 1.807) is 0 Å². The fourth-order valence-electron chi connectivity index (χ4n) is 3.24. The first-order valence-electron chi connectivity index (χ1n) is 7.67. The monoisotopic (exact) mass is 270 g/mol. The van der Waals surface area contributed by atoms with Gasteiger partial charge in [0.25, 0.3) is 0 Å². The summed E-state index contributed by atoms with van der Waals surface area (Å²) in [5.74, 6) is 1.16. The molecule has 0 heterocycles. The molecule has 0 unspecified atom stereocenters. The minimum atomic E-state index is 0.275. The van der Waals surface area contributed by atoms with Gasteiger partial charge in [-0.25, -0.2) is 0 Å². The van der Waals surface area contributed by atoms with Gasteiger partial charge in [0.2, 0.25) is 0 Å². The highest BCUT2D eigenvalue weighted by Gasteiger charge is 2.27. The van der Waals surface area contributed by atoms with E-state index in [0.29, 0.717) is 11.7 Å². The first kappa shape index (κ1) is 14.9. The van der Waals surface area contributed by atoms with Gasteiger partial charge in [0, 0.05) is 11.5 Å². The topological polar surface area (TPSA) is 20.2 Å². The summed E-state index contributed by atoms with van der Waals surface area (Å²) in [5.41, 5.74) is 4.91. The molecule has 0 spiro atoms. The lowest BCUT2D eigenvalue weighted by molar-refractivity contribution is 0.436. The molecule has 2 rings (SSSR count). The standard InChI is InChI=1S/C19H26O/c1-5-6-15-8-10-17(19(20)12-15)18-11-14(4)7-9-16(18)13(2)3/h8,10-12,16,18,20H,2,5-7,9H2,1,3-4H3/t16-,18+/m0/s1. The summed E-state index contributed by atoms with van der Waals surface area (Å²) in [6.45, 7) is 10.6. The summed E-state index contributed by atoms with van der Waals surface area (Å²) < 4.78 is 0. The number of rotatable bonds is 4. The van der Waals surface area contributed by atoms with E-state index in [0.717, 1.165) is 31.2 Å². The van der Waals surface area contributed by atoms with Crippen LogP contribution in [0.1, 0.15) is 57.1 Å². The van der Waals surface area contributed by atoms with Crippen molar-refractivity contribution in [1.29, 1.82) is 0 Å². The maximum atomic E-state index is 10.4. The minimum Gasteiger partial charge on any atom is -0.508 e. The Morgan fingerprint density at radius 1 is 1.40 bits per heavy atom. The molecule has 108 valence electrons. The zero-order valence-corrected chi connectivity index (χ0v) is 12.9. The molecular formula is C19H26O. The van der Waals surface area contributed by atoms with Crippen LogP contribution in [-0.4, -0.2) is 5.11 Å². The Bertz CT molecular complexity index is 525. The van der Waals surface area contributed by atoms with E-state index < -0.39 is 0 Å². The van der Waals surface area contributed by atoms with Gasteiger partial charge in [0.05, 0.1) is 0 Å². The van der Waals surface area contributed by atoms with Gasteiger partial charge in [0.1, 0.15) is 5.75 Å². The first-order valence-corrected chi connectivity index (χ1v) is 7.67. The molecule has 1 nitrogen and oxygen atoms in total. The summed E-state index contributed by atoms with van der Waals surface area (Å²) in [4.78, 5) is 0. The van der Waals surface area contributed by atoms with Crippen molar-refractivity contribution in [2.24, 2.45) is 5.92 Å². The Hall–Kier alpha value is -1.50. The highest BCUT2D eigenvalue weighted by atomic mass is 16.3. The number of aromatic hydroxyl groups is 1. The van der Waals surface area contributed by atoms with Crippen LogP contribution < -0.4 is 0 Å². The van der Waals surface area contributed by atoms with Gasteiger partial charge in [-0.05, 0) is 50.7 Å². The first-order chi connectivity index (χ1) is 9.52. The summed E-state index contributed by atoms with van der Waals surface area (Å²) in [5, 5.41) is 10.4. The summed E-state index contributed by atoms with van der Waals surface area (Å²) in [7, 11) is 0. The lowest BCUT2D eigenvalue weighted by atomic mass is 9.74. The van der Waals surface area contributed by atoms with Gasteiger partial charge < -0.3 is 5.11 Å². The molecule has 0 saturated carbocycles. The molecule has 1 aromatic carbocycles. The van der Waals surface area contributed by atoms with Crippen LogP contribution in [0.2, 0.25) is 0 Å². The molecule has 1 aromatic rings. The lowest BCUT2D eigenvalue weighted by Gasteiger charge is -2.31. The molecule has 0 amide bonds. The lowest BCUT2D eigenvalue weighted by Crippen LogP contribution is -2.17. The number of allylic oxidation sites excluding steroid dienone is 3. The second-order valence-electron chi connectivity index (χ2n) is 6.17. The molecule has 0 bridgehead atoms. The van der Waals surface area contributed by atoms with Crippen molar-refractivity contribution in [3.63, 3.8) is 0 Å². The van der Waals surface area contributed by atoms with Gasteiger partial charge in [-0.3, -0.25) is 0 Å². The third kappa shape index (κ3) is 3.15. The minimum absolute atomic E-state index is 0.275. The maximum Gasteiger partial charge on any atom is 0.119 e. The molecule has 0 radical (unpaired) electrons. The predicted octanol–water partition coefficient (Wildman–Crippen LogP) is 5.36. The Kier molecular flexibility index (Phi) is 4.69. The van der Waals surface area contributed by atoms with Crippen LogP contribution in [0.4, 0.5) is 0 Å². The molecule has 0 saturated heterocycles. The van der Waals surface area contributed by atoms with E-state index >= 15 is 0 Å². The SMILES string of the molecule is C=C(C)[C@@H]1CCC(C)=C[C@H]1c1ccc(CCC)cc1O. The smallest absolute Gasteiger partial charge is 0.119 e. The van der Waals surface area contributed by atoms with E-state index in [-0.39, 0.29) is 5.92 Å². The van der Waals surface area contributed by atoms with Crippen molar-refractivity contribution in [2.45, 2.75) is 52.4 Å². The van der Waals surface area contributed by atoms with Crippen LogP contribution in [-0.2, 0) is 6.42 Å². The van der Waals surface area contributed by atoms with Crippen LogP contribution >= 0.6 is 0 Å². The molecule has 2 atom stereocenters. The fraction of sp³-hybridized carbons (Fsp3) is 0.474.